The van der Waals surface area contributed by atoms with Crippen LogP contribution >= 0.6 is 23.5 Å². The van der Waals surface area contributed by atoms with Gasteiger partial charge in [-0.05, 0) is 18.9 Å². The summed E-state index contributed by atoms with van der Waals surface area (Å²) < 4.78 is -0.421. The minimum absolute atomic E-state index is 0.218. The van der Waals surface area contributed by atoms with Crippen LogP contribution in [0.1, 0.15) is 37.7 Å². The fraction of sp³-hybridized carbons (Fsp3) is 0.529. The van der Waals surface area contributed by atoms with Crippen LogP contribution in [-0.2, 0) is 13.7 Å². The highest BCUT2D eigenvalue weighted by Crippen LogP contribution is 2.59. The summed E-state index contributed by atoms with van der Waals surface area (Å²) in [7, 11) is 0. The number of para-hydroxylation sites is 1. The highest BCUT2D eigenvalue weighted by molar-refractivity contribution is 8.21. The first-order valence-electron chi connectivity index (χ1n) is 8.31. The average Bonchev–Trinajstić information content (AvgIpc) is 3.18. The van der Waals surface area contributed by atoms with Crippen molar-refractivity contribution in [3.8, 4) is 0 Å². The van der Waals surface area contributed by atoms with E-state index in [9.17, 15) is 9.59 Å². The van der Waals surface area contributed by atoms with Crippen LogP contribution in [0.3, 0.4) is 0 Å². The largest absolute Gasteiger partial charge is 0.310 e. The lowest BCUT2D eigenvalue weighted by Crippen LogP contribution is -2.35. The number of carbonyl (C=O) groups excluding carboxylic acids is 2. The molecule has 0 unspecified atom stereocenters. The number of hydrogen-bond donors (Lipinski definition) is 2. The van der Waals surface area contributed by atoms with E-state index in [-0.39, 0.29) is 11.8 Å². The van der Waals surface area contributed by atoms with Crippen LogP contribution in [0.2, 0.25) is 0 Å². The molecule has 130 valence electrons. The van der Waals surface area contributed by atoms with Crippen molar-refractivity contribution in [3.63, 3.8) is 0 Å². The zero-order chi connectivity index (χ0) is 17.0. The van der Waals surface area contributed by atoms with E-state index in [1.165, 1.54) is 0 Å². The van der Waals surface area contributed by atoms with Crippen LogP contribution in [0.4, 0.5) is 5.69 Å². The maximum absolute atomic E-state index is 13.0. The van der Waals surface area contributed by atoms with Crippen LogP contribution in [0.25, 0.3) is 0 Å². The molecule has 0 atom stereocenters. The Labute approximate surface area is 150 Å². The van der Waals surface area contributed by atoms with Crippen molar-refractivity contribution in [3.05, 3.63) is 29.8 Å². The number of thioether (sulfide) groups is 2. The number of benzene rings is 1. The predicted molar refractivity (Wildman–Crippen MR) is 98.4 cm³/mol. The van der Waals surface area contributed by atoms with Gasteiger partial charge in [-0.15, -0.1) is 23.5 Å². The van der Waals surface area contributed by atoms with Gasteiger partial charge < -0.3 is 4.90 Å². The summed E-state index contributed by atoms with van der Waals surface area (Å²) in [5.41, 5.74) is 3.86. The van der Waals surface area contributed by atoms with Crippen molar-refractivity contribution in [2.75, 3.05) is 23.0 Å². The van der Waals surface area contributed by atoms with Gasteiger partial charge in [-0.25, -0.2) is 5.48 Å². The van der Waals surface area contributed by atoms with Gasteiger partial charge in [0.25, 0.3) is 5.91 Å². The van der Waals surface area contributed by atoms with E-state index in [1.807, 2.05) is 23.1 Å². The third-order valence-electron chi connectivity index (χ3n) is 4.43. The van der Waals surface area contributed by atoms with E-state index in [2.05, 4.69) is 6.07 Å². The zero-order valence-corrected chi connectivity index (χ0v) is 15.1. The number of carbonyl (C=O) groups is 2. The second-order valence-electron chi connectivity index (χ2n) is 5.99. The summed E-state index contributed by atoms with van der Waals surface area (Å²) in [5.74, 6) is 1.92. The smallest absolute Gasteiger partial charge is 0.258 e. The predicted octanol–water partition coefficient (Wildman–Crippen LogP) is 3.12. The van der Waals surface area contributed by atoms with Crippen LogP contribution < -0.4 is 10.4 Å². The number of amides is 2. The van der Waals surface area contributed by atoms with Gasteiger partial charge in [-0.1, -0.05) is 31.0 Å². The molecule has 2 amide bonds. The van der Waals surface area contributed by atoms with Crippen molar-refractivity contribution in [1.29, 1.82) is 0 Å². The Bertz CT molecular complexity index is 618. The highest BCUT2D eigenvalue weighted by Gasteiger charge is 2.53. The fourth-order valence-corrected chi connectivity index (χ4v) is 6.47. The van der Waals surface area contributed by atoms with E-state index in [4.69, 9.17) is 5.21 Å². The average molecular weight is 367 g/mol. The number of anilines is 1. The van der Waals surface area contributed by atoms with E-state index in [1.54, 1.807) is 29.0 Å². The van der Waals surface area contributed by atoms with Crippen molar-refractivity contribution < 1.29 is 14.8 Å². The molecule has 5 nitrogen and oxygen atoms in total. The Morgan fingerprint density at radius 1 is 1.17 bits per heavy atom. The van der Waals surface area contributed by atoms with Gasteiger partial charge in [0.2, 0.25) is 5.91 Å². The Morgan fingerprint density at radius 3 is 2.62 bits per heavy atom. The van der Waals surface area contributed by atoms with E-state index >= 15 is 0 Å². The Morgan fingerprint density at radius 2 is 1.88 bits per heavy atom. The van der Waals surface area contributed by atoms with Gasteiger partial charge >= 0.3 is 0 Å². The molecule has 2 heterocycles. The highest BCUT2D eigenvalue weighted by atomic mass is 32.2. The van der Waals surface area contributed by atoms with Gasteiger partial charge in [-0.2, -0.15) is 0 Å². The summed E-state index contributed by atoms with van der Waals surface area (Å²) >= 11 is 3.53. The lowest BCUT2D eigenvalue weighted by molar-refractivity contribution is -0.129. The zero-order valence-electron chi connectivity index (χ0n) is 13.5. The molecule has 2 aliphatic heterocycles. The third kappa shape index (κ3) is 3.30. The van der Waals surface area contributed by atoms with Crippen molar-refractivity contribution in [1.82, 2.24) is 5.48 Å². The lowest BCUT2D eigenvalue weighted by Gasteiger charge is -2.22. The number of unbranched alkanes of at least 4 members (excludes halogenated alkanes) is 3. The molecule has 0 bridgehead atoms. The number of hydroxylamine groups is 1. The molecular formula is C17H22N2O3S2. The van der Waals surface area contributed by atoms with Gasteiger partial charge in [0.1, 0.15) is 0 Å². The first-order chi connectivity index (χ1) is 11.7. The number of fused-ring (bicyclic) bond motifs is 2. The van der Waals surface area contributed by atoms with Crippen molar-refractivity contribution in [2.45, 2.75) is 36.2 Å². The molecule has 1 saturated heterocycles. The molecule has 24 heavy (non-hydrogen) atoms. The first kappa shape index (κ1) is 17.6. The fourth-order valence-electron chi connectivity index (χ4n) is 3.27. The maximum atomic E-state index is 13.0. The number of nitrogens with zero attached hydrogens (tertiary/aromatic N) is 1. The molecule has 0 aliphatic carbocycles. The molecule has 0 aromatic heterocycles. The Kier molecular flexibility index (Phi) is 5.73. The minimum atomic E-state index is -0.421. The molecule has 1 aromatic carbocycles. The summed E-state index contributed by atoms with van der Waals surface area (Å²) in [6.07, 6.45) is 3.92. The molecule has 1 aromatic rings. The molecule has 1 fully saturated rings. The Balaban J connectivity index is 1.57. The van der Waals surface area contributed by atoms with Crippen LogP contribution in [0.15, 0.2) is 24.3 Å². The molecule has 0 saturated carbocycles. The quantitative estimate of drug-likeness (QED) is 0.441. The second-order valence-corrected chi connectivity index (χ2v) is 8.86. The van der Waals surface area contributed by atoms with Crippen molar-refractivity contribution in [2.24, 2.45) is 0 Å². The summed E-state index contributed by atoms with van der Waals surface area (Å²) in [4.78, 5) is 25.9. The second kappa shape index (κ2) is 7.80. The lowest BCUT2D eigenvalue weighted by atomic mass is 10.1. The summed E-state index contributed by atoms with van der Waals surface area (Å²) in [5, 5.41) is 8.46. The van der Waals surface area contributed by atoms with Crippen LogP contribution in [0.5, 0.6) is 0 Å². The standard InChI is InChI=1S/C17H22N2O3S2/c20-15(18-22)9-3-1-2-6-10-19-14-8-5-4-7-13(14)17(16(19)21)23-11-12-24-17/h4-5,7-8,22H,1-3,6,9-12H2,(H,18,20). The number of nitrogens with one attached hydrogen (secondary N) is 1. The topological polar surface area (TPSA) is 69.6 Å². The number of rotatable bonds is 7. The van der Waals surface area contributed by atoms with Gasteiger partial charge in [-0.3, -0.25) is 14.8 Å². The molecule has 2 aliphatic rings. The van der Waals surface area contributed by atoms with Crippen LogP contribution in [0, 0.1) is 0 Å². The van der Waals surface area contributed by atoms with Crippen LogP contribution in [-0.4, -0.2) is 35.1 Å². The normalized spacial score (nSPS) is 18.2. The van der Waals surface area contributed by atoms with Gasteiger partial charge in [0, 0.05) is 35.7 Å². The molecule has 2 N–H and O–H groups in total. The monoisotopic (exact) mass is 366 g/mol. The third-order valence-corrected chi connectivity index (χ3v) is 7.81. The van der Waals surface area contributed by atoms with E-state index < -0.39 is 4.08 Å². The summed E-state index contributed by atoms with van der Waals surface area (Å²) in [6, 6.07) is 8.15. The van der Waals surface area contributed by atoms with E-state index in [0.29, 0.717) is 6.42 Å². The van der Waals surface area contributed by atoms with Gasteiger partial charge in [0.05, 0.1) is 0 Å². The minimum Gasteiger partial charge on any atom is -0.310 e. The molecule has 3 rings (SSSR count). The first-order valence-corrected chi connectivity index (χ1v) is 10.3. The van der Waals surface area contributed by atoms with Gasteiger partial charge in [0.15, 0.2) is 4.08 Å². The van der Waals surface area contributed by atoms with E-state index in [0.717, 1.165) is 55.0 Å². The SMILES string of the molecule is O=C(CCCCCCN1C(=O)C2(SCCS2)c2ccccc21)NO. The maximum Gasteiger partial charge on any atom is 0.258 e. The molecule has 0 radical (unpaired) electrons. The van der Waals surface area contributed by atoms with Crippen molar-refractivity contribution >= 4 is 41.0 Å². The molecule has 7 heteroatoms. The Hall–Kier alpha value is -1.18. The summed E-state index contributed by atoms with van der Waals surface area (Å²) in [6.45, 7) is 0.727. The molecule has 1 spiro atoms. The number of hydrogen-bond acceptors (Lipinski definition) is 5. The molecular weight excluding hydrogens is 344 g/mol.